The number of primary amides is 1. The zero-order chi connectivity index (χ0) is 22.2. The molecule has 0 aromatic rings. The molecule has 2 unspecified atom stereocenters. The molecule has 0 bridgehead atoms. The highest BCUT2D eigenvalue weighted by Crippen LogP contribution is 2.27. The van der Waals surface area contributed by atoms with Gasteiger partial charge in [-0.15, -0.1) is 0 Å². The van der Waals surface area contributed by atoms with Crippen LogP contribution in [0.3, 0.4) is 0 Å². The van der Waals surface area contributed by atoms with Crippen molar-refractivity contribution in [2.45, 2.75) is 82.1 Å². The van der Waals surface area contributed by atoms with Crippen LogP contribution in [0.25, 0.3) is 0 Å². The van der Waals surface area contributed by atoms with Crippen LogP contribution in [0.5, 0.6) is 0 Å². The molecule has 27 heavy (non-hydrogen) atoms. The number of nitrogens with two attached hydrogens (primary N) is 1. The predicted octanol–water partition coefficient (Wildman–Crippen LogP) is 5.12. The second kappa shape index (κ2) is 17.5. The first-order valence-corrected chi connectivity index (χ1v) is 11.3. The highest BCUT2D eigenvalue weighted by atomic mass is 16.1. The zero-order valence-electron chi connectivity index (χ0n) is 20.9. The average molecular weight is 388 g/mol. The van der Waals surface area contributed by atoms with E-state index in [0.29, 0.717) is 17.3 Å². The number of carbonyl (C=O) groups is 1. The highest BCUT2D eigenvalue weighted by Gasteiger charge is 2.33. The number of amides is 1. The summed E-state index contributed by atoms with van der Waals surface area (Å²) in [6.07, 6.45) is 2.78. The maximum absolute atomic E-state index is 11.1. The topological polar surface area (TPSA) is 49.6 Å². The Morgan fingerprint density at radius 1 is 0.889 bits per heavy atom. The lowest BCUT2D eigenvalue weighted by atomic mass is 9.79. The van der Waals surface area contributed by atoms with Crippen molar-refractivity contribution in [3.05, 3.63) is 0 Å². The predicted molar refractivity (Wildman–Crippen MR) is 123 cm³/mol. The van der Waals surface area contributed by atoms with E-state index < -0.39 is 0 Å². The summed E-state index contributed by atoms with van der Waals surface area (Å²) in [5.41, 5.74) is 5.91. The van der Waals surface area contributed by atoms with E-state index >= 15 is 0 Å². The van der Waals surface area contributed by atoms with Gasteiger partial charge in [0, 0.05) is 25.6 Å². The third-order valence-corrected chi connectivity index (χ3v) is 4.85. The van der Waals surface area contributed by atoms with Crippen LogP contribution in [0.2, 0.25) is 0 Å². The Morgan fingerprint density at radius 2 is 1.30 bits per heavy atom. The van der Waals surface area contributed by atoms with Gasteiger partial charge in [-0.25, -0.2) is 0 Å². The van der Waals surface area contributed by atoms with Crippen LogP contribution in [0, 0.1) is 23.2 Å². The maximum atomic E-state index is 11.1. The fourth-order valence-electron chi connectivity index (χ4n) is 4.12. The molecule has 1 amide bonds. The number of hydrogen-bond donors (Lipinski definition) is 1. The molecule has 166 valence electrons. The van der Waals surface area contributed by atoms with Crippen molar-refractivity contribution in [1.29, 1.82) is 0 Å². The van der Waals surface area contributed by atoms with Crippen LogP contribution in [0.4, 0.5) is 0 Å². The van der Waals surface area contributed by atoms with Crippen molar-refractivity contribution in [2.75, 3.05) is 40.3 Å². The van der Waals surface area contributed by atoms with Crippen LogP contribution in [-0.2, 0) is 4.79 Å². The van der Waals surface area contributed by atoms with E-state index in [1.807, 2.05) is 41.5 Å². The van der Waals surface area contributed by atoms with Gasteiger partial charge in [-0.3, -0.25) is 4.79 Å². The Hall–Kier alpha value is -0.610. The first-order valence-electron chi connectivity index (χ1n) is 11.3. The summed E-state index contributed by atoms with van der Waals surface area (Å²) in [4.78, 5) is 15.8. The van der Waals surface area contributed by atoms with E-state index in [1.54, 1.807) is 0 Å². The lowest BCUT2D eigenvalue weighted by molar-refractivity contribution is -0.127. The lowest BCUT2D eigenvalue weighted by Crippen LogP contribution is -2.47. The lowest BCUT2D eigenvalue weighted by Gasteiger charge is -2.37. The molecule has 3 atom stereocenters. The van der Waals surface area contributed by atoms with Crippen LogP contribution in [0.1, 0.15) is 82.1 Å². The number of carbonyl (C=O) groups excluding carboxylic acids is 1. The van der Waals surface area contributed by atoms with E-state index in [2.05, 4.69) is 51.6 Å². The molecule has 2 aliphatic heterocycles. The molecular formula is C23H53N3O. The summed E-state index contributed by atoms with van der Waals surface area (Å²) >= 11 is 0. The van der Waals surface area contributed by atoms with E-state index in [0.717, 1.165) is 13.1 Å². The fraction of sp³-hybridized carbons (Fsp3) is 0.957. The first kappa shape index (κ1) is 31.1. The fourth-order valence-corrected chi connectivity index (χ4v) is 4.12. The van der Waals surface area contributed by atoms with E-state index in [-0.39, 0.29) is 11.8 Å². The van der Waals surface area contributed by atoms with Crippen LogP contribution in [0.15, 0.2) is 0 Å². The van der Waals surface area contributed by atoms with Crippen molar-refractivity contribution >= 4 is 5.91 Å². The molecule has 0 aliphatic carbocycles. The largest absolute Gasteiger partial charge is 0.369 e. The summed E-state index contributed by atoms with van der Waals surface area (Å²) in [5, 5.41) is 0. The molecular weight excluding hydrogens is 334 g/mol. The van der Waals surface area contributed by atoms with Gasteiger partial charge in [-0.05, 0) is 50.7 Å². The minimum atomic E-state index is -0.136. The van der Waals surface area contributed by atoms with Gasteiger partial charge in [0.1, 0.15) is 0 Å². The van der Waals surface area contributed by atoms with Crippen LogP contribution >= 0.6 is 0 Å². The Labute approximate surface area is 172 Å². The number of rotatable bonds is 1. The first-order chi connectivity index (χ1) is 12.6. The second-order valence-electron chi connectivity index (χ2n) is 8.11. The van der Waals surface area contributed by atoms with Crippen molar-refractivity contribution in [2.24, 2.45) is 28.9 Å². The molecule has 0 spiro atoms. The minimum Gasteiger partial charge on any atom is -0.369 e. The Morgan fingerprint density at radius 3 is 1.56 bits per heavy atom. The molecule has 0 radical (unpaired) electrons. The highest BCUT2D eigenvalue weighted by molar-refractivity contribution is 5.77. The van der Waals surface area contributed by atoms with Crippen molar-refractivity contribution in [3.8, 4) is 0 Å². The van der Waals surface area contributed by atoms with E-state index in [4.69, 9.17) is 5.73 Å². The van der Waals surface area contributed by atoms with Gasteiger partial charge in [0.2, 0.25) is 5.91 Å². The quantitative estimate of drug-likeness (QED) is 0.679. The summed E-state index contributed by atoms with van der Waals surface area (Å²) in [6.45, 7) is 25.4. The molecule has 2 rings (SSSR count). The van der Waals surface area contributed by atoms with Gasteiger partial charge in [0.05, 0.1) is 0 Å². The average Bonchev–Trinajstić information content (AvgIpc) is 2.58. The van der Waals surface area contributed by atoms with Gasteiger partial charge < -0.3 is 15.5 Å². The minimum absolute atomic E-state index is 0.0706. The van der Waals surface area contributed by atoms with Crippen LogP contribution in [-0.4, -0.2) is 56.0 Å². The molecule has 2 aliphatic rings. The smallest absolute Gasteiger partial charge is 0.221 e. The molecule has 2 N–H and O–H groups in total. The van der Waals surface area contributed by atoms with Crippen molar-refractivity contribution < 1.29 is 4.79 Å². The zero-order valence-corrected chi connectivity index (χ0v) is 20.9. The molecule has 2 heterocycles. The summed E-state index contributed by atoms with van der Waals surface area (Å²) in [5.74, 6) is 0.733. The van der Waals surface area contributed by atoms with Gasteiger partial charge in [0.25, 0.3) is 0 Å². The Bertz CT molecular complexity index is 333. The molecule has 0 aromatic carbocycles. The van der Waals surface area contributed by atoms with Crippen molar-refractivity contribution in [3.63, 3.8) is 0 Å². The standard InChI is InChI=1S/C9H18N2O.C8H17N.3C2H6/c1-6-4-11(3)5-7(2)8(6)9(10)12;1-8(2)5-4-6-9(3)7-8;3*1-2/h6-8H,4-5H2,1-3H3,(H2,10,12);4-7H2,1-3H3;3*1-2H3/t6-,7?,8?;;;;/m0..../s1. The van der Waals surface area contributed by atoms with Crippen LogP contribution < -0.4 is 5.73 Å². The molecule has 2 fully saturated rings. The molecule has 4 nitrogen and oxygen atoms in total. The maximum Gasteiger partial charge on any atom is 0.221 e. The van der Waals surface area contributed by atoms with Gasteiger partial charge >= 0.3 is 0 Å². The number of hydrogen-bond acceptors (Lipinski definition) is 3. The Balaban J connectivity index is -0.000000341. The Kier molecular flexibility index (Phi) is 20.1. The van der Waals surface area contributed by atoms with Crippen molar-refractivity contribution in [1.82, 2.24) is 9.80 Å². The molecule has 0 aromatic heterocycles. The second-order valence-corrected chi connectivity index (χ2v) is 8.11. The van der Waals surface area contributed by atoms with E-state index in [1.165, 1.54) is 25.9 Å². The number of piperidine rings is 2. The third-order valence-electron chi connectivity index (χ3n) is 4.85. The molecule has 2 saturated heterocycles. The third kappa shape index (κ3) is 14.1. The summed E-state index contributed by atoms with van der Waals surface area (Å²) in [6, 6.07) is 0. The summed E-state index contributed by atoms with van der Waals surface area (Å²) in [7, 11) is 4.30. The number of nitrogens with zero attached hydrogens (tertiary/aromatic N) is 2. The van der Waals surface area contributed by atoms with Gasteiger partial charge in [-0.1, -0.05) is 69.2 Å². The van der Waals surface area contributed by atoms with E-state index in [9.17, 15) is 4.79 Å². The normalized spacial score (nSPS) is 27.0. The number of likely N-dealkylation sites (tertiary alicyclic amines) is 2. The summed E-state index contributed by atoms with van der Waals surface area (Å²) < 4.78 is 0. The van der Waals surface area contributed by atoms with Gasteiger partial charge in [0.15, 0.2) is 0 Å². The van der Waals surface area contributed by atoms with Gasteiger partial charge in [-0.2, -0.15) is 0 Å². The molecule has 0 saturated carbocycles. The SMILES string of the molecule is CC.CC.CC.CC1CN(C)C[C@H](C)C1C(N)=O.CN1CCCC(C)(C)C1. The monoisotopic (exact) mass is 387 g/mol. The molecule has 4 heteroatoms.